The lowest BCUT2D eigenvalue weighted by atomic mass is 10.3. The summed E-state index contributed by atoms with van der Waals surface area (Å²) in [6.07, 6.45) is 0.618. The number of nitrogens with one attached hydrogen (secondary N) is 1. The molecule has 27 heavy (non-hydrogen) atoms. The Morgan fingerprint density at radius 3 is 2.41 bits per heavy atom. The van der Waals surface area contributed by atoms with Crippen molar-refractivity contribution in [3.05, 3.63) is 55.1 Å². The minimum absolute atomic E-state index is 0.194. The van der Waals surface area contributed by atoms with Crippen LogP contribution in [0.4, 0.5) is 0 Å². The third kappa shape index (κ3) is 5.12. The number of aromatic hydroxyl groups is 1. The van der Waals surface area contributed by atoms with Crippen molar-refractivity contribution < 1.29 is 28.0 Å². The zero-order chi connectivity index (χ0) is 20.4. The van der Waals surface area contributed by atoms with Crippen molar-refractivity contribution in [2.45, 2.75) is 6.04 Å². The Balaban J connectivity index is 2.56. The maximum Gasteiger partial charge on any atom is 0.335 e. The molecule has 0 spiro atoms. The Morgan fingerprint density at radius 1 is 1.30 bits per heavy atom. The topological polar surface area (TPSA) is 179 Å². The zero-order valence-electron chi connectivity index (χ0n) is 13.2. The Hall–Kier alpha value is -2.77. The SMILES string of the molecule is O=C(O)C(CS(=O)(=O)O)N=Cc1c(O)n(-c2ccc(Br)cc2)c(=O)[nH]c1=O. The van der Waals surface area contributed by atoms with Gasteiger partial charge in [0.2, 0.25) is 5.88 Å². The highest BCUT2D eigenvalue weighted by Crippen LogP contribution is 2.18. The van der Waals surface area contributed by atoms with Gasteiger partial charge in [0.1, 0.15) is 11.3 Å². The normalized spacial score (nSPS) is 13.0. The summed E-state index contributed by atoms with van der Waals surface area (Å²) in [5, 5.41) is 19.2. The van der Waals surface area contributed by atoms with E-state index < -0.39 is 50.6 Å². The number of hydrogen-bond acceptors (Lipinski definition) is 7. The molecule has 0 aliphatic carbocycles. The molecule has 2 rings (SSSR count). The smallest absolute Gasteiger partial charge is 0.335 e. The molecular formula is C14H12BrN3O8S. The summed E-state index contributed by atoms with van der Waals surface area (Å²) in [6.45, 7) is 0. The number of rotatable bonds is 6. The van der Waals surface area contributed by atoms with Gasteiger partial charge in [-0.15, -0.1) is 0 Å². The van der Waals surface area contributed by atoms with Crippen LogP contribution in [0.15, 0.2) is 43.3 Å². The fourth-order valence-electron chi connectivity index (χ4n) is 2.03. The molecule has 0 radical (unpaired) electrons. The van der Waals surface area contributed by atoms with Crippen LogP contribution in [-0.4, -0.2) is 56.7 Å². The molecule has 1 aromatic heterocycles. The van der Waals surface area contributed by atoms with Crippen molar-refractivity contribution in [2.75, 3.05) is 5.75 Å². The van der Waals surface area contributed by atoms with Crippen LogP contribution in [-0.2, 0) is 14.9 Å². The van der Waals surface area contributed by atoms with Gasteiger partial charge >= 0.3 is 11.7 Å². The van der Waals surface area contributed by atoms with Crippen LogP contribution in [0.2, 0.25) is 0 Å². The van der Waals surface area contributed by atoms with E-state index in [2.05, 4.69) is 20.9 Å². The Bertz CT molecular complexity index is 1120. The largest absolute Gasteiger partial charge is 0.493 e. The summed E-state index contributed by atoms with van der Waals surface area (Å²) >= 11 is 3.21. The molecule has 0 aliphatic heterocycles. The molecule has 1 aromatic carbocycles. The minimum atomic E-state index is -4.66. The molecule has 4 N–H and O–H groups in total. The van der Waals surface area contributed by atoms with E-state index in [1.807, 2.05) is 4.98 Å². The first kappa shape index (κ1) is 20.5. The van der Waals surface area contributed by atoms with Gasteiger partial charge in [0.25, 0.3) is 15.7 Å². The average molecular weight is 462 g/mol. The summed E-state index contributed by atoms with van der Waals surface area (Å²) < 4.78 is 31.9. The van der Waals surface area contributed by atoms with E-state index in [4.69, 9.17) is 9.66 Å². The molecule has 0 amide bonds. The van der Waals surface area contributed by atoms with Crippen LogP contribution in [0.3, 0.4) is 0 Å². The maximum absolute atomic E-state index is 12.0. The molecule has 2 aromatic rings. The highest BCUT2D eigenvalue weighted by molar-refractivity contribution is 9.10. The second-order valence-electron chi connectivity index (χ2n) is 5.19. The first-order valence-electron chi connectivity index (χ1n) is 7.05. The van der Waals surface area contributed by atoms with E-state index in [0.29, 0.717) is 10.7 Å². The number of halogens is 1. The Morgan fingerprint density at radius 2 is 1.89 bits per heavy atom. The summed E-state index contributed by atoms with van der Waals surface area (Å²) in [4.78, 5) is 40.3. The lowest BCUT2D eigenvalue weighted by Gasteiger charge is -2.10. The molecule has 0 fully saturated rings. The van der Waals surface area contributed by atoms with E-state index in [0.717, 1.165) is 4.57 Å². The standard InChI is InChI=1S/C14H12BrN3O8S/c15-7-1-3-8(4-2-7)18-12(20)9(11(19)17-14(18)23)5-16-10(13(21)22)6-27(24,25)26/h1-5,10,20H,6H2,(H,21,22)(H,17,19,23)(H,24,25,26). The van der Waals surface area contributed by atoms with Gasteiger partial charge in [-0.05, 0) is 24.3 Å². The molecule has 1 heterocycles. The number of nitrogens with zero attached hydrogens (tertiary/aromatic N) is 2. The predicted octanol–water partition coefficient (Wildman–Crippen LogP) is -0.246. The molecule has 11 nitrogen and oxygen atoms in total. The summed E-state index contributed by atoms with van der Waals surface area (Å²) in [7, 11) is -4.66. The van der Waals surface area contributed by atoms with E-state index in [1.165, 1.54) is 12.1 Å². The molecule has 1 atom stereocenters. The third-order valence-electron chi connectivity index (χ3n) is 3.24. The van der Waals surface area contributed by atoms with E-state index in [9.17, 15) is 27.9 Å². The monoisotopic (exact) mass is 461 g/mol. The quantitative estimate of drug-likeness (QED) is 0.335. The molecule has 0 aliphatic rings. The number of H-pyrrole nitrogens is 1. The highest BCUT2D eigenvalue weighted by Gasteiger charge is 2.23. The Labute approximate surface area is 159 Å². The van der Waals surface area contributed by atoms with Crippen LogP contribution < -0.4 is 11.2 Å². The number of aliphatic imine (C=N–C) groups is 1. The maximum atomic E-state index is 12.0. The van der Waals surface area contributed by atoms with Crippen molar-refractivity contribution in [3.8, 4) is 11.6 Å². The molecular weight excluding hydrogens is 450 g/mol. The number of carboxylic acid groups (broad SMARTS) is 1. The number of hydrogen-bond donors (Lipinski definition) is 4. The third-order valence-corrected chi connectivity index (χ3v) is 4.51. The summed E-state index contributed by atoms with van der Waals surface area (Å²) in [5.41, 5.74) is -2.39. The molecule has 0 bridgehead atoms. The van der Waals surface area contributed by atoms with Gasteiger partial charge in [-0.2, -0.15) is 8.42 Å². The highest BCUT2D eigenvalue weighted by atomic mass is 79.9. The fraction of sp³-hybridized carbons (Fsp3) is 0.143. The molecule has 144 valence electrons. The van der Waals surface area contributed by atoms with Gasteiger partial charge in [-0.1, -0.05) is 15.9 Å². The lowest BCUT2D eigenvalue weighted by molar-refractivity contribution is -0.137. The van der Waals surface area contributed by atoms with Crippen LogP contribution in [0.25, 0.3) is 5.69 Å². The lowest BCUT2D eigenvalue weighted by Crippen LogP contribution is -2.32. The number of benzene rings is 1. The van der Waals surface area contributed by atoms with Crippen molar-refractivity contribution in [2.24, 2.45) is 4.99 Å². The first-order valence-corrected chi connectivity index (χ1v) is 9.45. The van der Waals surface area contributed by atoms with E-state index >= 15 is 0 Å². The van der Waals surface area contributed by atoms with Crippen LogP contribution in [0, 0.1) is 0 Å². The van der Waals surface area contributed by atoms with Crippen molar-refractivity contribution >= 4 is 38.2 Å². The number of aromatic amines is 1. The van der Waals surface area contributed by atoms with E-state index in [-0.39, 0.29) is 5.69 Å². The number of aliphatic carboxylic acids is 1. The number of carbonyl (C=O) groups is 1. The van der Waals surface area contributed by atoms with Gasteiger partial charge in [0.15, 0.2) is 6.04 Å². The van der Waals surface area contributed by atoms with Gasteiger partial charge in [-0.3, -0.25) is 19.3 Å². The average Bonchev–Trinajstić information content (AvgIpc) is 2.53. The number of aromatic nitrogens is 2. The first-order chi connectivity index (χ1) is 12.5. The number of carboxylic acids is 1. The van der Waals surface area contributed by atoms with Crippen LogP contribution in [0.1, 0.15) is 5.56 Å². The molecule has 0 saturated carbocycles. The summed E-state index contributed by atoms with van der Waals surface area (Å²) in [6, 6.07) is 4.15. The molecule has 0 saturated heterocycles. The molecule has 1 unspecified atom stereocenters. The second kappa shape index (κ2) is 7.85. The van der Waals surface area contributed by atoms with Gasteiger partial charge in [0, 0.05) is 10.7 Å². The van der Waals surface area contributed by atoms with Gasteiger partial charge in [-0.25, -0.2) is 14.2 Å². The fourth-order valence-corrected chi connectivity index (χ4v) is 2.92. The zero-order valence-corrected chi connectivity index (χ0v) is 15.6. The molecule has 13 heteroatoms. The van der Waals surface area contributed by atoms with E-state index in [1.54, 1.807) is 12.1 Å². The van der Waals surface area contributed by atoms with Crippen LogP contribution in [0.5, 0.6) is 5.88 Å². The van der Waals surface area contributed by atoms with Crippen LogP contribution >= 0.6 is 15.9 Å². The second-order valence-corrected chi connectivity index (χ2v) is 7.60. The van der Waals surface area contributed by atoms with Crippen molar-refractivity contribution in [3.63, 3.8) is 0 Å². The van der Waals surface area contributed by atoms with Gasteiger partial charge < -0.3 is 10.2 Å². The minimum Gasteiger partial charge on any atom is -0.493 e. The Kier molecular flexibility index (Phi) is 5.98. The van der Waals surface area contributed by atoms with Crippen molar-refractivity contribution in [1.82, 2.24) is 9.55 Å². The predicted molar refractivity (Wildman–Crippen MR) is 97.5 cm³/mol. The van der Waals surface area contributed by atoms with Crippen molar-refractivity contribution in [1.29, 1.82) is 0 Å². The summed E-state index contributed by atoms with van der Waals surface area (Å²) in [5.74, 6) is -3.74. The van der Waals surface area contributed by atoms with Gasteiger partial charge in [0.05, 0.1) is 5.69 Å².